The summed E-state index contributed by atoms with van der Waals surface area (Å²) in [6.45, 7) is 0. The predicted molar refractivity (Wildman–Crippen MR) is 70.3 cm³/mol. The highest BCUT2D eigenvalue weighted by atomic mass is 14.9. The number of hydrogen-bond acceptors (Lipinski definition) is 0. The summed E-state index contributed by atoms with van der Waals surface area (Å²) in [4.78, 5) is 0. The van der Waals surface area contributed by atoms with Gasteiger partial charge in [0.05, 0.1) is 6.20 Å². The fourth-order valence-electron chi connectivity index (χ4n) is 2.09. The summed E-state index contributed by atoms with van der Waals surface area (Å²) in [6, 6.07) is 20.8. The van der Waals surface area contributed by atoms with E-state index in [1.807, 2.05) is 28.8 Å². The molecule has 0 spiro atoms. The van der Waals surface area contributed by atoms with Crippen LogP contribution in [0.2, 0.25) is 0 Å². The van der Waals surface area contributed by atoms with Crippen LogP contribution in [0, 0.1) is 7.05 Å². The van der Waals surface area contributed by atoms with E-state index in [4.69, 9.17) is 0 Å². The van der Waals surface area contributed by atoms with Crippen molar-refractivity contribution >= 4 is 10.8 Å². The van der Waals surface area contributed by atoms with Crippen molar-refractivity contribution in [2.24, 2.45) is 0 Å². The van der Waals surface area contributed by atoms with Crippen molar-refractivity contribution in [3.8, 4) is 11.3 Å². The average molecular weight is 219 g/mol. The van der Waals surface area contributed by atoms with Gasteiger partial charge >= 0.3 is 0 Å². The molecule has 1 aromatic heterocycles. The van der Waals surface area contributed by atoms with Crippen LogP contribution in [0.1, 0.15) is 0 Å². The van der Waals surface area contributed by atoms with E-state index in [2.05, 4.69) is 49.6 Å². The van der Waals surface area contributed by atoms with Crippen molar-refractivity contribution in [3.63, 3.8) is 0 Å². The summed E-state index contributed by atoms with van der Waals surface area (Å²) in [5.74, 6) is 0. The molecular formula is C16H13N. The third-order valence-corrected chi connectivity index (χ3v) is 2.96. The second kappa shape index (κ2) is 3.95. The molecule has 0 aliphatic carbocycles. The quantitative estimate of drug-likeness (QED) is 0.436. The Balaban J connectivity index is 2.27. The minimum absolute atomic E-state index is 1.13. The lowest BCUT2D eigenvalue weighted by atomic mass is 10.1. The summed E-state index contributed by atoms with van der Waals surface area (Å²) in [6.07, 6.45) is 2.07. The van der Waals surface area contributed by atoms with Crippen LogP contribution in [0.4, 0.5) is 0 Å². The van der Waals surface area contributed by atoms with Gasteiger partial charge in [-0.25, -0.2) is 0 Å². The molecule has 0 unspecified atom stereocenters. The molecule has 0 atom stereocenters. The SMILES string of the molecule is [CH2-][n+]1cc2ccccc2cc1-c1ccccc1. The molecule has 1 nitrogen and oxygen atoms in total. The zero-order valence-electron chi connectivity index (χ0n) is 9.51. The van der Waals surface area contributed by atoms with Gasteiger partial charge in [-0.15, -0.1) is 0 Å². The van der Waals surface area contributed by atoms with Gasteiger partial charge in [0.15, 0.2) is 0 Å². The van der Waals surface area contributed by atoms with Gasteiger partial charge in [0.2, 0.25) is 0 Å². The van der Waals surface area contributed by atoms with E-state index in [0.717, 1.165) is 5.69 Å². The average Bonchev–Trinajstić information content (AvgIpc) is 2.39. The van der Waals surface area contributed by atoms with E-state index in [-0.39, 0.29) is 0 Å². The number of pyridine rings is 1. The van der Waals surface area contributed by atoms with Gasteiger partial charge in [0.1, 0.15) is 5.69 Å². The van der Waals surface area contributed by atoms with Crippen LogP contribution in [0.3, 0.4) is 0 Å². The largest absolute Gasteiger partial charge is 0.332 e. The van der Waals surface area contributed by atoms with Crippen LogP contribution >= 0.6 is 0 Å². The Hall–Kier alpha value is -2.28. The number of benzene rings is 2. The lowest BCUT2D eigenvalue weighted by Gasteiger charge is -2.09. The molecule has 1 heteroatoms. The van der Waals surface area contributed by atoms with Crippen molar-refractivity contribution in [1.82, 2.24) is 0 Å². The Morgan fingerprint density at radius 2 is 1.41 bits per heavy atom. The maximum atomic E-state index is 4.06. The number of nitrogens with zero attached hydrogens (tertiary/aromatic N) is 1. The van der Waals surface area contributed by atoms with Crippen molar-refractivity contribution in [3.05, 3.63) is 73.9 Å². The van der Waals surface area contributed by atoms with Crippen LogP contribution in [0.25, 0.3) is 22.0 Å². The Morgan fingerprint density at radius 3 is 2.18 bits per heavy atom. The van der Waals surface area contributed by atoms with Crippen LogP contribution in [-0.2, 0) is 0 Å². The number of hydrogen-bond donors (Lipinski definition) is 0. The molecule has 3 rings (SSSR count). The highest BCUT2D eigenvalue weighted by molar-refractivity contribution is 5.83. The van der Waals surface area contributed by atoms with Crippen molar-refractivity contribution in [1.29, 1.82) is 0 Å². The molecule has 0 radical (unpaired) electrons. The third-order valence-electron chi connectivity index (χ3n) is 2.96. The molecule has 0 fully saturated rings. The monoisotopic (exact) mass is 219 g/mol. The molecule has 17 heavy (non-hydrogen) atoms. The molecule has 0 N–H and O–H groups in total. The predicted octanol–water partition coefficient (Wildman–Crippen LogP) is 3.43. The van der Waals surface area contributed by atoms with Crippen molar-refractivity contribution in [2.45, 2.75) is 0 Å². The maximum Gasteiger partial charge on any atom is 0.112 e. The van der Waals surface area contributed by atoms with E-state index < -0.39 is 0 Å². The molecule has 0 aliphatic heterocycles. The van der Waals surface area contributed by atoms with Gasteiger partial charge in [-0.05, 0) is 22.4 Å². The van der Waals surface area contributed by atoms with E-state index in [9.17, 15) is 0 Å². The summed E-state index contributed by atoms with van der Waals surface area (Å²) in [5.41, 5.74) is 2.32. The molecule has 0 amide bonds. The summed E-state index contributed by atoms with van der Waals surface area (Å²) >= 11 is 0. The first kappa shape index (κ1) is 9.91. The van der Waals surface area contributed by atoms with Crippen LogP contribution in [0.5, 0.6) is 0 Å². The smallest absolute Gasteiger partial charge is 0.112 e. The topological polar surface area (TPSA) is 3.88 Å². The molecule has 0 saturated heterocycles. The van der Waals surface area contributed by atoms with Gasteiger partial charge in [0.25, 0.3) is 0 Å². The van der Waals surface area contributed by atoms with Crippen molar-refractivity contribution in [2.75, 3.05) is 0 Å². The zero-order chi connectivity index (χ0) is 11.7. The maximum absolute atomic E-state index is 4.06. The molecule has 0 saturated carbocycles. The Kier molecular flexibility index (Phi) is 2.30. The number of aromatic nitrogens is 1. The Morgan fingerprint density at radius 1 is 0.765 bits per heavy atom. The van der Waals surface area contributed by atoms with Gasteiger partial charge in [-0.2, -0.15) is 0 Å². The normalized spacial score (nSPS) is 10.6. The number of fused-ring (bicyclic) bond motifs is 1. The lowest BCUT2D eigenvalue weighted by Crippen LogP contribution is -2.27. The third kappa shape index (κ3) is 1.76. The van der Waals surface area contributed by atoms with Crippen LogP contribution in [0.15, 0.2) is 66.9 Å². The Labute approximate surface area is 101 Å². The molecular weight excluding hydrogens is 206 g/mol. The molecule has 1 heterocycles. The van der Waals surface area contributed by atoms with Gasteiger partial charge < -0.3 is 4.57 Å². The first-order chi connectivity index (χ1) is 8.34. The van der Waals surface area contributed by atoms with E-state index in [1.54, 1.807) is 0 Å². The summed E-state index contributed by atoms with van der Waals surface area (Å²) in [7, 11) is 4.06. The minimum Gasteiger partial charge on any atom is -0.332 e. The molecule has 0 aliphatic rings. The summed E-state index contributed by atoms with van der Waals surface area (Å²) < 4.78 is 1.93. The second-order valence-corrected chi connectivity index (χ2v) is 4.12. The lowest BCUT2D eigenvalue weighted by molar-refractivity contribution is -0.599. The van der Waals surface area contributed by atoms with Crippen molar-refractivity contribution < 1.29 is 4.57 Å². The zero-order valence-corrected chi connectivity index (χ0v) is 9.51. The van der Waals surface area contributed by atoms with E-state index >= 15 is 0 Å². The fourth-order valence-corrected chi connectivity index (χ4v) is 2.09. The van der Waals surface area contributed by atoms with Gasteiger partial charge in [-0.1, -0.05) is 54.6 Å². The van der Waals surface area contributed by atoms with Gasteiger partial charge in [0, 0.05) is 7.05 Å². The molecule has 0 bridgehead atoms. The van der Waals surface area contributed by atoms with E-state index in [1.165, 1.54) is 16.3 Å². The standard InChI is InChI=1S/C16H13N/c1-17-12-15-10-6-5-9-14(15)11-16(17)13-7-3-2-4-8-13/h2-12H,1H2. The highest BCUT2D eigenvalue weighted by Gasteiger charge is 2.03. The first-order valence-electron chi connectivity index (χ1n) is 5.65. The van der Waals surface area contributed by atoms with Crippen LogP contribution in [-0.4, -0.2) is 0 Å². The summed E-state index contributed by atoms with van der Waals surface area (Å²) in [5, 5.41) is 2.45. The Bertz CT molecular complexity index is 657. The second-order valence-electron chi connectivity index (χ2n) is 4.12. The molecule has 3 aromatic rings. The molecule has 2 aromatic carbocycles. The first-order valence-corrected chi connectivity index (χ1v) is 5.65. The highest BCUT2D eigenvalue weighted by Crippen LogP contribution is 2.19. The fraction of sp³-hybridized carbons (Fsp3) is 0. The van der Waals surface area contributed by atoms with E-state index in [0.29, 0.717) is 0 Å². The van der Waals surface area contributed by atoms with Gasteiger partial charge in [-0.3, -0.25) is 0 Å². The minimum atomic E-state index is 1.13. The molecule has 82 valence electrons. The van der Waals surface area contributed by atoms with Crippen LogP contribution < -0.4 is 4.57 Å². The number of rotatable bonds is 1.